The minimum Gasteiger partial charge on any atom is -0.384 e. The third kappa shape index (κ3) is 3.93. The van der Waals surface area contributed by atoms with Gasteiger partial charge < -0.3 is 5.73 Å². The van der Waals surface area contributed by atoms with Gasteiger partial charge in [0.05, 0.1) is 17.6 Å². The first-order valence-electron chi connectivity index (χ1n) is 9.94. The number of thioether (sulfide) groups is 1. The second kappa shape index (κ2) is 8.41. The van der Waals surface area contributed by atoms with Gasteiger partial charge in [0.2, 0.25) is 5.13 Å². The summed E-state index contributed by atoms with van der Waals surface area (Å²) in [5.74, 6) is 0.738. The normalized spacial score (nSPS) is 20.7. The molecule has 1 aliphatic carbocycles. The fourth-order valence-corrected chi connectivity index (χ4v) is 6.51. The van der Waals surface area contributed by atoms with Gasteiger partial charge in [-0.25, -0.2) is 0 Å². The van der Waals surface area contributed by atoms with Crippen LogP contribution in [0.2, 0.25) is 0 Å². The third-order valence-electron chi connectivity index (χ3n) is 5.45. The van der Waals surface area contributed by atoms with Crippen molar-refractivity contribution in [2.75, 3.05) is 10.7 Å². The number of aromatic nitrogens is 2. The number of nitriles is 1. The zero-order valence-corrected chi connectivity index (χ0v) is 20.7. The number of nitrogens with zero attached hydrogens (tertiary/aromatic N) is 4. The first kappa shape index (κ1) is 22.1. The van der Waals surface area contributed by atoms with Gasteiger partial charge in [0, 0.05) is 22.2 Å². The van der Waals surface area contributed by atoms with Crippen LogP contribution in [0.5, 0.6) is 0 Å². The zero-order chi connectivity index (χ0) is 22.3. The standard InChI is InChI=1S/C22H22BrN5OS2/c1-4-30-21-27-26-20(31-21)28-15-9-22(2,3)10-16(29)18(15)17(13(11-24)19(28)25)12-7-5-6-8-14(12)23/h5-8,17H,4,9-10,25H2,1-3H3. The Morgan fingerprint density at radius 1 is 1.35 bits per heavy atom. The molecule has 0 saturated carbocycles. The summed E-state index contributed by atoms with van der Waals surface area (Å²) in [6.45, 7) is 6.22. The van der Waals surface area contributed by atoms with Crippen molar-refractivity contribution in [3.63, 3.8) is 0 Å². The van der Waals surface area contributed by atoms with E-state index < -0.39 is 5.92 Å². The molecule has 2 aliphatic rings. The van der Waals surface area contributed by atoms with Crippen molar-refractivity contribution in [1.82, 2.24) is 10.2 Å². The molecule has 1 aliphatic heterocycles. The van der Waals surface area contributed by atoms with Crippen LogP contribution in [0.4, 0.5) is 5.13 Å². The van der Waals surface area contributed by atoms with Crippen LogP contribution in [-0.4, -0.2) is 21.7 Å². The zero-order valence-electron chi connectivity index (χ0n) is 17.5. The molecule has 9 heteroatoms. The van der Waals surface area contributed by atoms with E-state index in [1.807, 2.05) is 24.3 Å². The Morgan fingerprint density at radius 2 is 2.10 bits per heavy atom. The fraction of sp³-hybridized carbons (Fsp3) is 0.364. The Hall–Kier alpha value is -2.15. The number of ketones is 1. The first-order valence-corrected chi connectivity index (χ1v) is 12.5. The van der Waals surface area contributed by atoms with Gasteiger partial charge in [-0.15, -0.1) is 10.2 Å². The lowest BCUT2D eigenvalue weighted by Crippen LogP contribution is -2.42. The molecule has 2 N–H and O–H groups in total. The third-order valence-corrected chi connectivity index (χ3v) is 8.10. The maximum absolute atomic E-state index is 13.5. The molecule has 6 nitrogen and oxygen atoms in total. The summed E-state index contributed by atoms with van der Waals surface area (Å²) in [5, 5.41) is 19.3. The molecule has 0 bridgehead atoms. The monoisotopic (exact) mass is 515 g/mol. The number of nitrogens with two attached hydrogens (primary N) is 1. The summed E-state index contributed by atoms with van der Waals surface area (Å²) in [6, 6.07) is 9.98. The summed E-state index contributed by atoms with van der Waals surface area (Å²) < 4.78 is 1.68. The van der Waals surface area contributed by atoms with E-state index in [1.54, 1.807) is 16.7 Å². The van der Waals surface area contributed by atoms with Gasteiger partial charge in [-0.05, 0) is 29.2 Å². The van der Waals surface area contributed by atoms with Crippen molar-refractivity contribution in [3.05, 3.63) is 57.0 Å². The van der Waals surface area contributed by atoms with E-state index >= 15 is 0 Å². The quantitative estimate of drug-likeness (QED) is 0.547. The van der Waals surface area contributed by atoms with Gasteiger partial charge in [-0.2, -0.15) is 5.26 Å². The molecule has 31 heavy (non-hydrogen) atoms. The molecule has 0 amide bonds. The van der Waals surface area contributed by atoms with Crippen LogP contribution < -0.4 is 10.6 Å². The summed E-state index contributed by atoms with van der Waals surface area (Å²) in [4.78, 5) is 15.3. The van der Waals surface area contributed by atoms with Crippen molar-refractivity contribution in [2.45, 2.75) is 43.9 Å². The summed E-state index contributed by atoms with van der Waals surface area (Å²) >= 11 is 6.63. The van der Waals surface area contributed by atoms with E-state index in [4.69, 9.17) is 5.73 Å². The highest BCUT2D eigenvalue weighted by molar-refractivity contribution is 9.10. The van der Waals surface area contributed by atoms with Crippen molar-refractivity contribution in [2.24, 2.45) is 11.1 Å². The Labute approximate surface area is 198 Å². The number of hydrogen-bond acceptors (Lipinski definition) is 8. The number of hydrogen-bond donors (Lipinski definition) is 1. The molecule has 0 fully saturated rings. The Morgan fingerprint density at radius 3 is 2.77 bits per heavy atom. The van der Waals surface area contributed by atoms with Gasteiger partial charge in [-0.3, -0.25) is 9.69 Å². The topological polar surface area (TPSA) is 95.9 Å². The molecule has 2 aromatic rings. The van der Waals surface area contributed by atoms with Crippen molar-refractivity contribution in [1.29, 1.82) is 5.26 Å². The molecule has 1 unspecified atom stereocenters. The number of rotatable bonds is 4. The van der Waals surface area contributed by atoms with E-state index in [0.717, 1.165) is 25.8 Å². The van der Waals surface area contributed by atoms with Crippen LogP contribution in [0.25, 0.3) is 0 Å². The molecule has 0 radical (unpaired) electrons. The highest BCUT2D eigenvalue weighted by Gasteiger charge is 2.45. The number of carbonyl (C=O) groups is 1. The lowest BCUT2D eigenvalue weighted by atomic mass is 9.69. The molecule has 1 aromatic heterocycles. The SMILES string of the molecule is CCSc1nnc(N2C(N)=C(C#N)C(c3ccccc3Br)C3=C2CC(C)(C)CC3=O)s1. The van der Waals surface area contributed by atoms with Crippen LogP contribution in [-0.2, 0) is 4.79 Å². The van der Waals surface area contributed by atoms with E-state index in [2.05, 4.69) is 53.0 Å². The first-order chi connectivity index (χ1) is 14.8. The smallest absolute Gasteiger partial charge is 0.219 e. The Bertz CT molecular complexity index is 1160. The highest BCUT2D eigenvalue weighted by atomic mass is 79.9. The number of halogens is 1. The van der Waals surface area contributed by atoms with Crippen LogP contribution in [0.1, 0.15) is 45.1 Å². The molecular formula is C22H22BrN5OS2. The Balaban J connectivity index is 1.97. The molecule has 0 spiro atoms. The number of anilines is 1. The molecule has 1 atom stereocenters. The van der Waals surface area contributed by atoms with Gasteiger partial charge >= 0.3 is 0 Å². The molecular weight excluding hydrogens is 494 g/mol. The van der Waals surface area contributed by atoms with E-state index in [-0.39, 0.29) is 11.2 Å². The molecule has 1 aromatic carbocycles. The van der Waals surface area contributed by atoms with E-state index in [1.165, 1.54) is 11.3 Å². The van der Waals surface area contributed by atoms with Crippen molar-refractivity contribution in [3.8, 4) is 6.07 Å². The average Bonchev–Trinajstić information content (AvgIpc) is 3.15. The minimum absolute atomic E-state index is 0.0462. The molecule has 4 rings (SSSR count). The minimum atomic E-state index is -0.507. The lowest BCUT2D eigenvalue weighted by Gasteiger charge is -2.42. The fourth-order valence-electron chi connectivity index (χ4n) is 4.22. The number of allylic oxidation sites excluding steroid dienone is 3. The lowest BCUT2D eigenvalue weighted by molar-refractivity contribution is -0.118. The van der Waals surface area contributed by atoms with Gasteiger partial charge in [0.15, 0.2) is 10.1 Å². The van der Waals surface area contributed by atoms with Gasteiger partial charge in [0.1, 0.15) is 5.82 Å². The van der Waals surface area contributed by atoms with Crippen molar-refractivity contribution >= 4 is 49.9 Å². The number of Topliss-reactive ketones (excluding diaryl/α,β-unsaturated/α-hetero) is 1. The summed E-state index contributed by atoms with van der Waals surface area (Å²) in [6.07, 6.45) is 1.08. The summed E-state index contributed by atoms with van der Waals surface area (Å²) in [7, 11) is 0. The van der Waals surface area contributed by atoms with E-state index in [0.29, 0.717) is 34.9 Å². The number of carbonyl (C=O) groups excluding carboxylic acids is 1. The van der Waals surface area contributed by atoms with Crippen LogP contribution in [0.3, 0.4) is 0 Å². The van der Waals surface area contributed by atoms with Gasteiger partial charge in [-0.1, -0.05) is 78.0 Å². The largest absolute Gasteiger partial charge is 0.384 e. The second-order valence-electron chi connectivity index (χ2n) is 8.29. The van der Waals surface area contributed by atoms with E-state index in [9.17, 15) is 10.1 Å². The predicted molar refractivity (Wildman–Crippen MR) is 128 cm³/mol. The van der Waals surface area contributed by atoms with Crippen molar-refractivity contribution < 1.29 is 4.79 Å². The molecule has 160 valence electrons. The van der Waals surface area contributed by atoms with Crippen LogP contribution in [0.15, 0.2) is 55.7 Å². The van der Waals surface area contributed by atoms with Gasteiger partial charge in [0.25, 0.3) is 0 Å². The second-order valence-corrected chi connectivity index (χ2v) is 11.6. The number of benzene rings is 1. The average molecular weight is 516 g/mol. The Kier molecular flexibility index (Phi) is 5.99. The molecule has 0 saturated heterocycles. The summed E-state index contributed by atoms with van der Waals surface area (Å²) in [5.41, 5.74) is 9.08. The maximum Gasteiger partial charge on any atom is 0.219 e. The predicted octanol–water partition coefficient (Wildman–Crippen LogP) is 5.35. The van der Waals surface area contributed by atoms with Crippen LogP contribution in [0, 0.1) is 16.7 Å². The van der Waals surface area contributed by atoms with Crippen LogP contribution >= 0.6 is 39.0 Å². The molecule has 2 heterocycles. The highest BCUT2D eigenvalue weighted by Crippen LogP contribution is 2.51. The maximum atomic E-state index is 13.5.